The molecule has 0 bridgehead atoms. The number of H-pyrrole nitrogens is 2. The van der Waals surface area contributed by atoms with Crippen molar-refractivity contribution in [1.82, 2.24) is 15.3 Å². The van der Waals surface area contributed by atoms with Gasteiger partial charge in [0.25, 0.3) is 5.56 Å². The Hall–Kier alpha value is -2.63. The van der Waals surface area contributed by atoms with Gasteiger partial charge in [0.2, 0.25) is 5.91 Å². The zero-order chi connectivity index (χ0) is 17.7. The quantitative estimate of drug-likeness (QED) is 0.747. The Balaban J connectivity index is 1.91. The van der Waals surface area contributed by atoms with E-state index in [1.807, 2.05) is 19.1 Å². The van der Waals surface area contributed by atoms with E-state index in [0.29, 0.717) is 17.7 Å². The number of carbonyl (C=O) groups excluding carboxylic acids is 1. The third kappa shape index (κ3) is 4.68. The fourth-order valence-electron chi connectivity index (χ4n) is 2.73. The van der Waals surface area contributed by atoms with Crippen molar-refractivity contribution in [2.24, 2.45) is 0 Å². The van der Waals surface area contributed by atoms with E-state index < -0.39 is 11.2 Å². The molecule has 0 saturated carbocycles. The molecule has 1 aromatic carbocycles. The Bertz CT molecular complexity index is 836. The molecule has 1 heterocycles. The predicted octanol–water partition coefficient (Wildman–Crippen LogP) is 1.36. The highest BCUT2D eigenvalue weighted by molar-refractivity contribution is 5.76. The molecule has 0 spiro atoms. The number of benzene rings is 1. The summed E-state index contributed by atoms with van der Waals surface area (Å²) in [6.07, 6.45) is 1.26. The fraction of sp³-hybridized carbons (Fsp3) is 0.389. The van der Waals surface area contributed by atoms with Crippen LogP contribution in [0.3, 0.4) is 0 Å². The van der Waals surface area contributed by atoms with Crippen LogP contribution in [0.4, 0.5) is 0 Å². The second kappa shape index (κ2) is 7.77. The van der Waals surface area contributed by atoms with Crippen LogP contribution in [-0.2, 0) is 17.6 Å². The molecule has 1 atom stereocenters. The summed E-state index contributed by atoms with van der Waals surface area (Å²) in [6.45, 7) is 5.67. The maximum atomic E-state index is 12.1. The summed E-state index contributed by atoms with van der Waals surface area (Å²) in [7, 11) is 0. The largest absolute Gasteiger partial charge is 0.353 e. The number of aryl methyl sites for hydroxylation is 2. The minimum absolute atomic E-state index is 0.00793. The predicted molar refractivity (Wildman–Crippen MR) is 93.2 cm³/mol. The van der Waals surface area contributed by atoms with Crippen molar-refractivity contribution in [3.63, 3.8) is 0 Å². The van der Waals surface area contributed by atoms with Crippen LogP contribution in [-0.4, -0.2) is 21.9 Å². The van der Waals surface area contributed by atoms with Crippen LogP contribution in [0.2, 0.25) is 0 Å². The first kappa shape index (κ1) is 17.7. The Morgan fingerprint density at radius 2 is 1.88 bits per heavy atom. The van der Waals surface area contributed by atoms with Crippen LogP contribution in [0.25, 0.3) is 0 Å². The van der Waals surface area contributed by atoms with Crippen molar-refractivity contribution in [1.29, 1.82) is 0 Å². The number of amides is 1. The van der Waals surface area contributed by atoms with Crippen molar-refractivity contribution in [3.05, 3.63) is 67.5 Å². The molecule has 2 rings (SSSR count). The van der Waals surface area contributed by atoms with Crippen molar-refractivity contribution in [2.75, 3.05) is 0 Å². The molecule has 128 valence electrons. The van der Waals surface area contributed by atoms with E-state index >= 15 is 0 Å². The maximum absolute atomic E-state index is 12.1. The van der Waals surface area contributed by atoms with Crippen molar-refractivity contribution in [2.45, 2.75) is 46.1 Å². The Morgan fingerprint density at radius 1 is 1.17 bits per heavy atom. The summed E-state index contributed by atoms with van der Waals surface area (Å²) in [4.78, 5) is 39.7. The van der Waals surface area contributed by atoms with Crippen molar-refractivity contribution >= 4 is 5.91 Å². The van der Waals surface area contributed by atoms with E-state index in [0.717, 1.165) is 6.42 Å². The van der Waals surface area contributed by atoms with Gasteiger partial charge in [-0.2, -0.15) is 0 Å². The van der Waals surface area contributed by atoms with Crippen LogP contribution in [0.1, 0.15) is 35.7 Å². The molecule has 0 fully saturated rings. The van der Waals surface area contributed by atoms with Crippen LogP contribution >= 0.6 is 0 Å². The molecule has 0 unspecified atom stereocenters. The van der Waals surface area contributed by atoms with Gasteiger partial charge in [-0.1, -0.05) is 24.3 Å². The number of hydrogen-bond acceptors (Lipinski definition) is 3. The van der Waals surface area contributed by atoms with Crippen molar-refractivity contribution < 1.29 is 4.79 Å². The maximum Gasteiger partial charge on any atom is 0.325 e. The highest BCUT2D eigenvalue weighted by Crippen LogP contribution is 2.10. The van der Waals surface area contributed by atoms with Crippen LogP contribution < -0.4 is 16.6 Å². The molecule has 1 amide bonds. The summed E-state index contributed by atoms with van der Waals surface area (Å²) in [5.74, 6) is -0.110. The molecule has 0 aliphatic heterocycles. The lowest BCUT2D eigenvalue weighted by Crippen LogP contribution is -2.35. The molecule has 0 radical (unpaired) electrons. The van der Waals surface area contributed by atoms with Gasteiger partial charge in [-0.15, -0.1) is 0 Å². The Labute approximate surface area is 140 Å². The van der Waals surface area contributed by atoms with Gasteiger partial charge < -0.3 is 10.3 Å². The molecule has 3 N–H and O–H groups in total. The molecular weight excluding hydrogens is 306 g/mol. The molecule has 0 aliphatic carbocycles. The molecule has 1 aromatic heterocycles. The summed E-state index contributed by atoms with van der Waals surface area (Å²) in [5.41, 5.74) is 2.39. The Morgan fingerprint density at radius 3 is 2.54 bits per heavy atom. The fourth-order valence-corrected chi connectivity index (χ4v) is 2.73. The molecular formula is C18H23N3O3. The minimum Gasteiger partial charge on any atom is -0.353 e. The monoisotopic (exact) mass is 329 g/mol. The van der Waals surface area contributed by atoms with E-state index in [-0.39, 0.29) is 18.4 Å². The van der Waals surface area contributed by atoms with Crippen LogP contribution in [0.15, 0.2) is 33.9 Å². The number of carbonyl (C=O) groups is 1. The molecule has 24 heavy (non-hydrogen) atoms. The molecule has 2 aromatic rings. The summed E-state index contributed by atoms with van der Waals surface area (Å²) >= 11 is 0. The summed E-state index contributed by atoms with van der Waals surface area (Å²) in [5, 5.41) is 2.95. The molecule has 6 heteroatoms. The average molecular weight is 329 g/mol. The van der Waals surface area contributed by atoms with E-state index in [1.54, 1.807) is 6.92 Å². The van der Waals surface area contributed by atoms with E-state index in [9.17, 15) is 14.4 Å². The first-order valence-electron chi connectivity index (χ1n) is 8.02. The molecule has 0 saturated heterocycles. The average Bonchev–Trinajstić information content (AvgIpc) is 2.48. The van der Waals surface area contributed by atoms with E-state index in [2.05, 4.69) is 34.3 Å². The van der Waals surface area contributed by atoms with Crippen LogP contribution in [0, 0.1) is 13.8 Å². The first-order valence-corrected chi connectivity index (χ1v) is 8.02. The minimum atomic E-state index is -0.530. The van der Waals surface area contributed by atoms with Crippen molar-refractivity contribution in [3.8, 4) is 0 Å². The SMILES string of the molecule is Cc1ccccc1C[C@H](C)NC(=O)CCc1c(C)[nH]c(=O)[nH]c1=O. The number of rotatable bonds is 6. The van der Waals surface area contributed by atoms with E-state index in [1.165, 1.54) is 11.1 Å². The van der Waals surface area contributed by atoms with Gasteiger partial charge in [0.15, 0.2) is 0 Å². The van der Waals surface area contributed by atoms with Gasteiger partial charge in [-0.3, -0.25) is 14.6 Å². The zero-order valence-electron chi connectivity index (χ0n) is 14.2. The zero-order valence-corrected chi connectivity index (χ0v) is 14.2. The number of aromatic amines is 2. The summed E-state index contributed by atoms with van der Waals surface area (Å²) < 4.78 is 0. The second-order valence-electron chi connectivity index (χ2n) is 6.11. The van der Waals surface area contributed by atoms with Gasteiger partial charge in [0, 0.05) is 23.7 Å². The van der Waals surface area contributed by atoms with Gasteiger partial charge in [0.1, 0.15) is 0 Å². The smallest absolute Gasteiger partial charge is 0.325 e. The Kier molecular flexibility index (Phi) is 5.73. The summed E-state index contributed by atoms with van der Waals surface area (Å²) in [6, 6.07) is 8.10. The van der Waals surface area contributed by atoms with Gasteiger partial charge >= 0.3 is 5.69 Å². The van der Waals surface area contributed by atoms with Gasteiger partial charge in [0.05, 0.1) is 0 Å². The molecule has 0 aliphatic rings. The highest BCUT2D eigenvalue weighted by atomic mass is 16.2. The third-order valence-corrected chi connectivity index (χ3v) is 4.05. The third-order valence-electron chi connectivity index (χ3n) is 4.05. The number of hydrogen-bond donors (Lipinski definition) is 3. The number of aromatic nitrogens is 2. The lowest BCUT2D eigenvalue weighted by Gasteiger charge is -2.15. The molecule has 6 nitrogen and oxygen atoms in total. The first-order chi connectivity index (χ1) is 11.4. The topological polar surface area (TPSA) is 94.8 Å². The van der Waals surface area contributed by atoms with Crippen LogP contribution in [0.5, 0.6) is 0 Å². The van der Waals surface area contributed by atoms with Gasteiger partial charge in [-0.05, 0) is 44.7 Å². The lowest BCUT2D eigenvalue weighted by molar-refractivity contribution is -0.121. The number of nitrogens with one attached hydrogen (secondary N) is 3. The standard InChI is InChI=1S/C18H23N3O3/c1-11-6-4-5-7-14(11)10-12(2)19-16(22)9-8-15-13(3)20-18(24)21-17(15)23/h4-7,12H,8-10H2,1-3H3,(H,19,22)(H2,20,21,23,24)/t12-/m0/s1. The normalized spacial score (nSPS) is 12.0. The van der Waals surface area contributed by atoms with Gasteiger partial charge in [-0.25, -0.2) is 4.79 Å². The van der Waals surface area contributed by atoms with E-state index in [4.69, 9.17) is 0 Å². The second-order valence-corrected chi connectivity index (χ2v) is 6.11. The lowest BCUT2D eigenvalue weighted by atomic mass is 10.0. The highest BCUT2D eigenvalue weighted by Gasteiger charge is 2.12.